The lowest BCUT2D eigenvalue weighted by Gasteiger charge is -2.33. The van der Waals surface area contributed by atoms with E-state index in [1.54, 1.807) is 6.07 Å². The van der Waals surface area contributed by atoms with Crippen molar-refractivity contribution in [2.24, 2.45) is 0 Å². The van der Waals surface area contributed by atoms with Crippen molar-refractivity contribution in [2.75, 3.05) is 26.2 Å². The van der Waals surface area contributed by atoms with Crippen LogP contribution in [0.3, 0.4) is 0 Å². The lowest BCUT2D eigenvalue weighted by molar-refractivity contribution is -0.128. The molecule has 31 heavy (non-hydrogen) atoms. The molecule has 2 heterocycles. The van der Waals surface area contributed by atoms with E-state index < -0.39 is 12.2 Å². The van der Waals surface area contributed by atoms with Crippen LogP contribution in [0.1, 0.15) is 24.0 Å². The molecule has 7 heteroatoms. The number of aliphatic hydroxyl groups excluding tert-OH is 1. The summed E-state index contributed by atoms with van der Waals surface area (Å²) >= 11 is 6.03. The van der Waals surface area contributed by atoms with Crippen LogP contribution in [0.5, 0.6) is 11.5 Å². The highest BCUT2D eigenvalue weighted by Crippen LogP contribution is 2.31. The Hall–Kier alpha value is -2.28. The summed E-state index contributed by atoms with van der Waals surface area (Å²) in [5, 5.41) is 14.1. The van der Waals surface area contributed by atoms with Crippen molar-refractivity contribution in [3.05, 3.63) is 58.6 Å². The number of benzene rings is 2. The van der Waals surface area contributed by atoms with E-state index >= 15 is 0 Å². The summed E-state index contributed by atoms with van der Waals surface area (Å²) in [7, 11) is 0. The topological polar surface area (TPSA) is 71.0 Å². The number of nitrogens with zero attached hydrogens (tertiary/aromatic N) is 1. The fourth-order valence-corrected chi connectivity index (χ4v) is 4.29. The number of nitrogens with one attached hydrogen (secondary N) is 1. The Labute approximate surface area is 188 Å². The van der Waals surface area contributed by atoms with Gasteiger partial charge in [0.15, 0.2) is 6.10 Å². The van der Waals surface area contributed by atoms with Crippen LogP contribution in [0.15, 0.2) is 42.5 Å². The van der Waals surface area contributed by atoms with Gasteiger partial charge in [-0.05, 0) is 55.7 Å². The number of ether oxygens (including phenoxy) is 2. The van der Waals surface area contributed by atoms with Gasteiger partial charge in [-0.1, -0.05) is 29.3 Å². The third-order valence-electron chi connectivity index (χ3n) is 5.86. The number of β-amino-alcohol motifs (C(OH)–C–C–N with tert-alkyl or cyclic N) is 1. The molecule has 4 rings (SSSR count). The van der Waals surface area contributed by atoms with Crippen LogP contribution in [-0.4, -0.2) is 60.4 Å². The van der Waals surface area contributed by atoms with Gasteiger partial charge in [0.1, 0.15) is 24.2 Å². The molecule has 0 radical (unpaired) electrons. The molecule has 0 saturated carbocycles. The first kappa shape index (κ1) is 21.9. The molecule has 0 spiro atoms. The summed E-state index contributed by atoms with van der Waals surface area (Å²) in [5.74, 6) is 1.43. The molecule has 1 amide bonds. The fourth-order valence-electron chi connectivity index (χ4n) is 4.10. The van der Waals surface area contributed by atoms with Crippen LogP contribution in [0.4, 0.5) is 0 Å². The number of carbonyl (C=O) groups excluding carboxylic acids is 1. The van der Waals surface area contributed by atoms with Gasteiger partial charge in [0.2, 0.25) is 0 Å². The van der Waals surface area contributed by atoms with Crippen molar-refractivity contribution in [3.63, 3.8) is 0 Å². The average molecular weight is 445 g/mol. The molecule has 1 saturated heterocycles. The number of rotatable bonds is 7. The first-order chi connectivity index (χ1) is 15.0. The maximum Gasteiger partial charge on any atom is 0.261 e. The van der Waals surface area contributed by atoms with Gasteiger partial charge in [0.05, 0.1) is 0 Å². The Morgan fingerprint density at radius 2 is 2.00 bits per heavy atom. The van der Waals surface area contributed by atoms with Crippen LogP contribution in [0.25, 0.3) is 0 Å². The molecule has 6 nitrogen and oxygen atoms in total. The summed E-state index contributed by atoms with van der Waals surface area (Å²) in [6, 6.07) is 13.4. The van der Waals surface area contributed by atoms with Crippen molar-refractivity contribution < 1.29 is 19.4 Å². The zero-order valence-corrected chi connectivity index (χ0v) is 18.5. The van der Waals surface area contributed by atoms with E-state index in [0.717, 1.165) is 43.0 Å². The highest BCUT2D eigenvalue weighted by Gasteiger charge is 2.31. The van der Waals surface area contributed by atoms with Gasteiger partial charge in [-0.3, -0.25) is 4.79 Å². The van der Waals surface area contributed by atoms with Gasteiger partial charge < -0.3 is 24.8 Å². The van der Waals surface area contributed by atoms with E-state index in [-0.39, 0.29) is 18.6 Å². The number of amides is 1. The Morgan fingerprint density at radius 3 is 2.74 bits per heavy atom. The number of aliphatic hydroxyl groups is 1. The van der Waals surface area contributed by atoms with Crippen LogP contribution in [0.2, 0.25) is 5.02 Å². The first-order valence-corrected chi connectivity index (χ1v) is 11.2. The van der Waals surface area contributed by atoms with Gasteiger partial charge >= 0.3 is 0 Å². The van der Waals surface area contributed by atoms with Crippen LogP contribution in [0, 0.1) is 6.92 Å². The minimum atomic E-state index is -0.551. The summed E-state index contributed by atoms with van der Waals surface area (Å²) in [6.07, 6.45) is 1.20. The second-order valence-corrected chi connectivity index (χ2v) is 8.86. The van der Waals surface area contributed by atoms with Crippen molar-refractivity contribution in [1.82, 2.24) is 10.2 Å². The lowest BCUT2D eigenvalue weighted by atomic mass is 10.0. The standard InChI is InChI=1S/C24H29ClN2O4/c1-16-2-5-21(6-3-16)30-15-20(28)14-27-10-8-19(9-11-27)26-24(29)23-13-17-12-18(25)4-7-22(17)31-23/h2-7,12,19-20,23,28H,8-11,13-15H2,1H3,(H,26,29). The number of halogens is 1. The van der Waals surface area contributed by atoms with Gasteiger partial charge in [-0.25, -0.2) is 0 Å². The Morgan fingerprint density at radius 1 is 1.26 bits per heavy atom. The number of piperidine rings is 1. The molecule has 166 valence electrons. The molecule has 2 unspecified atom stereocenters. The van der Waals surface area contributed by atoms with E-state index in [4.69, 9.17) is 21.1 Å². The predicted octanol–water partition coefficient (Wildman–Crippen LogP) is 2.97. The molecule has 2 N–H and O–H groups in total. The molecule has 0 aromatic heterocycles. The number of aryl methyl sites for hydroxylation is 1. The highest BCUT2D eigenvalue weighted by atomic mass is 35.5. The van der Waals surface area contributed by atoms with Crippen molar-refractivity contribution in [2.45, 2.75) is 44.4 Å². The summed E-state index contributed by atoms with van der Waals surface area (Å²) in [4.78, 5) is 14.8. The molecule has 0 aliphatic carbocycles. The monoisotopic (exact) mass is 444 g/mol. The van der Waals surface area contributed by atoms with Crippen LogP contribution >= 0.6 is 11.6 Å². The zero-order chi connectivity index (χ0) is 21.8. The van der Waals surface area contributed by atoms with Crippen molar-refractivity contribution >= 4 is 17.5 Å². The molecule has 2 aliphatic rings. The van der Waals surface area contributed by atoms with Crippen LogP contribution in [-0.2, 0) is 11.2 Å². The molecule has 2 aliphatic heterocycles. The minimum Gasteiger partial charge on any atom is -0.491 e. The molecular weight excluding hydrogens is 416 g/mol. The normalized spacial score (nSPS) is 20.0. The SMILES string of the molecule is Cc1ccc(OCC(O)CN2CCC(NC(=O)C3Cc4cc(Cl)ccc4O3)CC2)cc1. The number of carbonyl (C=O) groups is 1. The van der Waals surface area contributed by atoms with E-state index in [9.17, 15) is 9.90 Å². The van der Waals surface area contributed by atoms with E-state index in [0.29, 0.717) is 18.0 Å². The van der Waals surface area contributed by atoms with Gasteiger partial charge in [-0.2, -0.15) is 0 Å². The molecule has 1 fully saturated rings. The Kier molecular flexibility index (Phi) is 7.00. The van der Waals surface area contributed by atoms with E-state index in [1.807, 2.05) is 43.3 Å². The number of fused-ring (bicyclic) bond motifs is 1. The zero-order valence-electron chi connectivity index (χ0n) is 17.7. The van der Waals surface area contributed by atoms with E-state index in [2.05, 4.69) is 10.2 Å². The van der Waals surface area contributed by atoms with Crippen LogP contribution < -0.4 is 14.8 Å². The lowest BCUT2D eigenvalue weighted by Crippen LogP contribution is -2.49. The largest absolute Gasteiger partial charge is 0.491 e. The van der Waals surface area contributed by atoms with Gasteiger partial charge in [-0.15, -0.1) is 0 Å². The maximum absolute atomic E-state index is 12.6. The highest BCUT2D eigenvalue weighted by molar-refractivity contribution is 6.30. The molecular formula is C24H29ClN2O4. The second kappa shape index (κ2) is 9.90. The molecule has 2 aromatic rings. The third kappa shape index (κ3) is 5.91. The summed E-state index contributed by atoms with van der Waals surface area (Å²) < 4.78 is 11.5. The summed E-state index contributed by atoms with van der Waals surface area (Å²) in [5.41, 5.74) is 2.15. The Bertz CT molecular complexity index is 897. The average Bonchev–Trinajstić information content (AvgIpc) is 3.18. The minimum absolute atomic E-state index is 0.0719. The quantitative estimate of drug-likeness (QED) is 0.687. The second-order valence-electron chi connectivity index (χ2n) is 8.42. The maximum atomic E-state index is 12.6. The predicted molar refractivity (Wildman–Crippen MR) is 120 cm³/mol. The molecule has 0 bridgehead atoms. The third-order valence-corrected chi connectivity index (χ3v) is 6.09. The molecule has 2 atom stereocenters. The Balaban J connectivity index is 1.16. The molecule has 2 aromatic carbocycles. The summed E-state index contributed by atoms with van der Waals surface area (Å²) in [6.45, 7) is 4.51. The van der Waals surface area contributed by atoms with Gasteiger partial charge in [0.25, 0.3) is 5.91 Å². The number of likely N-dealkylation sites (tertiary alicyclic amines) is 1. The van der Waals surface area contributed by atoms with Crippen molar-refractivity contribution in [3.8, 4) is 11.5 Å². The first-order valence-electron chi connectivity index (χ1n) is 10.8. The fraction of sp³-hybridized carbons (Fsp3) is 0.458. The number of hydrogen-bond donors (Lipinski definition) is 2. The van der Waals surface area contributed by atoms with E-state index in [1.165, 1.54) is 5.56 Å². The smallest absolute Gasteiger partial charge is 0.261 e. The van der Waals surface area contributed by atoms with Crippen molar-refractivity contribution in [1.29, 1.82) is 0 Å². The van der Waals surface area contributed by atoms with Gasteiger partial charge in [0, 0.05) is 37.1 Å². The number of hydrogen-bond acceptors (Lipinski definition) is 5.